The molecule has 6 unspecified atom stereocenters. The summed E-state index contributed by atoms with van der Waals surface area (Å²) in [6.07, 6.45) is 5.76. The Kier molecular flexibility index (Phi) is 11.9. The quantitative estimate of drug-likeness (QED) is 0.179. The summed E-state index contributed by atoms with van der Waals surface area (Å²) in [5, 5.41) is -0.742. The minimum atomic E-state index is -1.58. The van der Waals surface area contributed by atoms with E-state index in [1.165, 1.54) is 6.07 Å². The number of hydrogen-bond donors (Lipinski definition) is 1. The monoisotopic (exact) mass is 650 g/mol. The number of halogens is 3. The highest BCUT2D eigenvalue weighted by atomic mass is 35.5. The molecular weight excluding hydrogens is 606 g/mol. The molecule has 1 aliphatic heterocycles. The average Bonchev–Trinajstić information content (AvgIpc) is 3.17. The summed E-state index contributed by atoms with van der Waals surface area (Å²) in [4.78, 5) is 15.5. The molecule has 4 rings (SSSR count). The number of carbonyl (C=O) groups excluding carboxylic acids is 1. The van der Waals surface area contributed by atoms with E-state index in [9.17, 15) is 13.4 Å². The smallest absolute Gasteiger partial charge is 0.263 e. The molecule has 242 valence electrons. The lowest BCUT2D eigenvalue weighted by molar-refractivity contribution is -0.00412. The first-order valence-electron chi connectivity index (χ1n) is 15.5. The van der Waals surface area contributed by atoms with Crippen LogP contribution in [0.4, 0.5) is 14.5 Å². The van der Waals surface area contributed by atoms with Gasteiger partial charge in [0, 0.05) is 31.7 Å². The topological polar surface area (TPSA) is 67.9 Å². The molecule has 2 aromatic rings. The van der Waals surface area contributed by atoms with Gasteiger partial charge in [0.1, 0.15) is 33.4 Å². The predicted molar refractivity (Wildman–Crippen MR) is 174 cm³/mol. The third kappa shape index (κ3) is 7.48. The van der Waals surface area contributed by atoms with Crippen LogP contribution in [0, 0.1) is 29.4 Å². The van der Waals surface area contributed by atoms with Crippen molar-refractivity contribution in [2.45, 2.75) is 77.1 Å². The van der Waals surface area contributed by atoms with Crippen LogP contribution < -0.4 is 14.4 Å². The van der Waals surface area contributed by atoms with Crippen molar-refractivity contribution in [1.82, 2.24) is 4.72 Å². The van der Waals surface area contributed by atoms with Crippen LogP contribution >= 0.6 is 11.6 Å². The van der Waals surface area contributed by atoms with Crippen molar-refractivity contribution < 1.29 is 27.3 Å². The number of benzene rings is 2. The second kappa shape index (κ2) is 15.2. The summed E-state index contributed by atoms with van der Waals surface area (Å²) in [5.41, 5.74) is 2.05. The van der Waals surface area contributed by atoms with Crippen molar-refractivity contribution in [2.24, 2.45) is 17.8 Å². The molecule has 6 nitrogen and oxygen atoms in total. The highest BCUT2D eigenvalue weighted by Gasteiger charge is 2.38. The molecule has 0 aromatic heterocycles. The molecule has 44 heavy (non-hydrogen) atoms. The fourth-order valence-electron chi connectivity index (χ4n) is 6.32. The summed E-state index contributed by atoms with van der Waals surface area (Å²) in [6, 6.07) is 6.52. The zero-order chi connectivity index (χ0) is 32.1. The van der Waals surface area contributed by atoms with Crippen LogP contribution in [0.3, 0.4) is 0 Å². The van der Waals surface area contributed by atoms with E-state index < -0.39 is 33.5 Å². The Bertz CT molecular complexity index is 1380. The maximum atomic E-state index is 15.3. The summed E-state index contributed by atoms with van der Waals surface area (Å²) >= 11 is 5.99. The lowest BCUT2D eigenvalue weighted by Gasteiger charge is -2.43. The molecule has 0 saturated heterocycles. The van der Waals surface area contributed by atoms with Crippen molar-refractivity contribution >= 4 is 34.2 Å². The van der Waals surface area contributed by atoms with Crippen molar-refractivity contribution in [1.29, 1.82) is 0 Å². The van der Waals surface area contributed by atoms with E-state index >= 15 is 4.39 Å². The molecule has 0 bridgehead atoms. The Balaban J connectivity index is 1.68. The largest absolute Gasteiger partial charge is 0.491 e. The van der Waals surface area contributed by atoms with Crippen molar-refractivity contribution in [3.63, 3.8) is 0 Å². The van der Waals surface area contributed by atoms with E-state index in [4.69, 9.17) is 21.1 Å². The van der Waals surface area contributed by atoms with Crippen LogP contribution in [0.1, 0.15) is 80.8 Å². The number of anilines is 1. The number of hydrogen-bond acceptors (Lipinski definition) is 5. The van der Waals surface area contributed by atoms with Crippen LogP contribution in [0.25, 0.3) is 0 Å². The van der Waals surface area contributed by atoms with Crippen molar-refractivity contribution in [3.05, 3.63) is 70.3 Å². The number of ether oxygens (including phenoxy) is 2. The normalized spacial score (nSPS) is 22.5. The van der Waals surface area contributed by atoms with Gasteiger partial charge >= 0.3 is 0 Å². The first-order chi connectivity index (χ1) is 21.0. The first-order valence-corrected chi connectivity index (χ1v) is 17.1. The summed E-state index contributed by atoms with van der Waals surface area (Å²) in [6.45, 7) is 12.9. The number of rotatable bonds is 13. The Morgan fingerprint density at radius 2 is 2.02 bits per heavy atom. The summed E-state index contributed by atoms with van der Waals surface area (Å²) in [7, 11) is 0.137. The third-order valence-electron chi connectivity index (χ3n) is 9.46. The van der Waals surface area contributed by atoms with E-state index in [2.05, 4.69) is 23.1 Å². The van der Waals surface area contributed by atoms with Crippen LogP contribution in [-0.2, 0) is 22.1 Å². The van der Waals surface area contributed by atoms with Gasteiger partial charge in [0.15, 0.2) is 0 Å². The van der Waals surface area contributed by atoms with Gasteiger partial charge in [-0.2, -0.15) is 0 Å². The van der Waals surface area contributed by atoms with E-state index in [0.29, 0.717) is 66.6 Å². The Morgan fingerprint density at radius 1 is 1.27 bits per heavy atom. The van der Waals surface area contributed by atoms with Gasteiger partial charge in [0.2, 0.25) is 0 Å². The lowest BCUT2D eigenvalue weighted by atomic mass is 9.70. The minimum absolute atomic E-state index is 0.0894. The molecule has 2 aromatic carbocycles. The van der Waals surface area contributed by atoms with Gasteiger partial charge in [-0.05, 0) is 92.7 Å². The third-order valence-corrected chi connectivity index (χ3v) is 11.3. The molecule has 1 amide bonds. The number of carbonyl (C=O) groups is 1. The number of amides is 1. The number of allylic oxidation sites excluding steroid dienone is 1. The predicted octanol–water partition coefficient (Wildman–Crippen LogP) is 7.61. The van der Waals surface area contributed by atoms with Gasteiger partial charge in [0.25, 0.3) is 5.91 Å². The molecule has 7 atom stereocenters. The van der Waals surface area contributed by atoms with Gasteiger partial charge in [0.05, 0.1) is 23.6 Å². The van der Waals surface area contributed by atoms with Gasteiger partial charge in [-0.3, -0.25) is 9.52 Å². The van der Waals surface area contributed by atoms with E-state index in [-0.39, 0.29) is 29.8 Å². The Hall–Kier alpha value is -2.49. The fourth-order valence-corrected chi connectivity index (χ4v) is 7.51. The standard InChI is InChI=1S/C34H45ClF2N2O4S/c1-7-9-20(3)22(5)44(41)38-34(40)23-12-14-31-30(15-23)39(17-24-11-13-26(24)21(4)42-6)18-25(19-43-31)28-16-29(36)32(35)33(37)27(28)10-8-2/h7,12,14-16,20-22,24-26H,1,8-11,13,17-19H2,2-6H3,(H,38,40)/t20-,21?,22?,24?,25?,26?,44?/m0/s1. The van der Waals surface area contributed by atoms with Gasteiger partial charge in [-0.15, -0.1) is 6.58 Å². The van der Waals surface area contributed by atoms with Crippen molar-refractivity contribution in [3.8, 4) is 5.75 Å². The SMILES string of the molecule is C=CC[C@H](C)C(C)S(=O)NC(=O)c1ccc2c(c1)N(CC1CCC1C(C)OC)CC(c1cc(F)c(Cl)c(F)c1CCC)CO2. The fraction of sp³-hybridized carbons (Fsp3) is 0.559. The second-order valence-electron chi connectivity index (χ2n) is 12.3. The second-order valence-corrected chi connectivity index (χ2v) is 14.2. The van der Waals surface area contributed by atoms with Crippen LogP contribution in [0.15, 0.2) is 36.9 Å². The first kappa shape index (κ1) is 34.4. The van der Waals surface area contributed by atoms with Gasteiger partial charge in [-0.1, -0.05) is 37.9 Å². The maximum absolute atomic E-state index is 15.3. The maximum Gasteiger partial charge on any atom is 0.263 e. The zero-order valence-electron chi connectivity index (χ0n) is 26.3. The molecule has 0 radical (unpaired) electrons. The number of methoxy groups -OCH3 is 1. The molecule has 2 aliphatic rings. The van der Waals surface area contributed by atoms with Gasteiger partial charge in [-0.25, -0.2) is 13.0 Å². The average molecular weight is 651 g/mol. The van der Waals surface area contributed by atoms with Crippen LogP contribution in [0.2, 0.25) is 5.02 Å². The molecule has 10 heteroatoms. The van der Waals surface area contributed by atoms with Crippen molar-refractivity contribution in [2.75, 3.05) is 31.7 Å². The zero-order valence-corrected chi connectivity index (χ0v) is 27.9. The molecule has 1 saturated carbocycles. The lowest BCUT2D eigenvalue weighted by Crippen LogP contribution is -2.44. The number of nitrogens with one attached hydrogen (secondary N) is 1. The Labute approximate surface area is 268 Å². The van der Waals surface area contributed by atoms with Gasteiger partial charge < -0.3 is 14.4 Å². The number of fused-ring (bicyclic) bond motifs is 1. The molecule has 1 heterocycles. The van der Waals surface area contributed by atoms with Crippen LogP contribution in [-0.4, -0.2) is 48.3 Å². The summed E-state index contributed by atoms with van der Waals surface area (Å²) < 4.78 is 57.6. The molecule has 0 spiro atoms. The molecule has 1 N–H and O–H groups in total. The van der Waals surface area contributed by atoms with E-state index in [1.807, 2.05) is 20.8 Å². The van der Waals surface area contributed by atoms with Crippen LogP contribution in [0.5, 0.6) is 5.75 Å². The molecular formula is C34H45ClF2N2O4S. The highest BCUT2D eigenvalue weighted by molar-refractivity contribution is 7.84. The number of nitrogens with zero attached hydrogens (tertiary/aromatic N) is 1. The molecule has 1 aliphatic carbocycles. The van der Waals surface area contributed by atoms with E-state index in [0.717, 1.165) is 18.5 Å². The summed E-state index contributed by atoms with van der Waals surface area (Å²) in [5.74, 6) is -0.904. The van der Waals surface area contributed by atoms with E-state index in [1.54, 1.807) is 31.4 Å². The highest BCUT2D eigenvalue weighted by Crippen LogP contribution is 2.43. The minimum Gasteiger partial charge on any atom is -0.491 e. The molecule has 1 fully saturated rings. The Morgan fingerprint density at radius 3 is 2.66 bits per heavy atom.